The first-order valence-electron chi connectivity index (χ1n) is 7.43. The number of rotatable bonds is 3. The summed E-state index contributed by atoms with van der Waals surface area (Å²) < 4.78 is 0. The summed E-state index contributed by atoms with van der Waals surface area (Å²) in [6.07, 6.45) is 0. The maximum Gasteiger partial charge on any atom is 0.281 e. The number of nitrogens with zero attached hydrogens (tertiary/aromatic N) is 1. The smallest absolute Gasteiger partial charge is 0.267 e. The van der Waals surface area contributed by atoms with Crippen molar-refractivity contribution in [1.82, 2.24) is 15.8 Å². The maximum absolute atomic E-state index is 12.3. The highest BCUT2D eigenvalue weighted by Crippen LogP contribution is 2.27. The Morgan fingerprint density at radius 1 is 0.960 bits per heavy atom. The van der Waals surface area contributed by atoms with Crippen LogP contribution in [0.1, 0.15) is 25.7 Å². The van der Waals surface area contributed by atoms with Crippen molar-refractivity contribution in [3.05, 3.63) is 75.8 Å². The molecule has 1 aromatic heterocycles. The Morgan fingerprint density at radius 3 is 2.28 bits per heavy atom. The molecule has 5 nitrogen and oxygen atoms in total. The fourth-order valence-electron chi connectivity index (χ4n) is 2.16. The molecule has 0 aliphatic rings. The van der Waals surface area contributed by atoms with E-state index in [1.54, 1.807) is 31.2 Å². The van der Waals surface area contributed by atoms with Crippen molar-refractivity contribution in [3.63, 3.8) is 0 Å². The number of hydrogen-bond acceptors (Lipinski definition) is 4. The predicted octanol–water partition coefficient (Wildman–Crippen LogP) is 3.85. The van der Waals surface area contributed by atoms with Crippen molar-refractivity contribution in [2.75, 3.05) is 0 Å². The van der Waals surface area contributed by atoms with E-state index in [4.69, 9.17) is 11.6 Å². The number of thiazole rings is 1. The molecule has 126 valence electrons. The van der Waals surface area contributed by atoms with E-state index in [2.05, 4.69) is 15.8 Å². The van der Waals surface area contributed by atoms with Crippen LogP contribution in [0.25, 0.3) is 10.6 Å². The summed E-state index contributed by atoms with van der Waals surface area (Å²) in [4.78, 5) is 29.2. The molecule has 2 aromatic carbocycles. The number of benzene rings is 2. The lowest BCUT2D eigenvalue weighted by atomic mass is 10.2. The molecule has 1 heterocycles. The second-order valence-corrected chi connectivity index (χ2v) is 6.65. The quantitative estimate of drug-likeness (QED) is 0.687. The predicted molar refractivity (Wildman–Crippen MR) is 98.7 cm³/mol. The molecule has 2 amide bonds. The summed E-state index contributed by atoms with van der Waals surface area (Å²) in [5.41, 5.74) is 6.76. The molecule has 0 saturated carbocycles. The third kappa shape index (κ3) is 4.04. The van der Waals surface area contributed by atoms with Crippen LogP contribution in [0.3, 0.4) is 0 Å². The van der Waals surface area contributed by atoms with Gasteiger partial charge in [-0.15, -0.1) is 11.3 Å². The summed E-state index contributed by atoms with van der Waals surface area (Å²) in [7, 11) is 0. The standard InChI is InChI=1S/C18H14ClN3O2S/c1-11-15(25-18(20-11)13-5-3-2-4-6-13)17(24)22-21-16(23)12-7-9-14(19)10-8-12/h2-10H,1H3,(H,21,23)(H,22,24). The molecule has 2 N–H and O–H groups in total. The van der Waals surface area contributed by atoms with Crippen molar-refractivity contribution >= 4 is 34.8 Å². The average molecular weight is 372 g/mol. The number of carbonyl (C=O) groups is 2. The van der Waals surface area contributed by atoms with Crippen LogP contribution < -0.4 is 10.9 Å². The van der Waals surface area contributed by atoms with Crippen LogP contribution in [0, 0.1) is 6.92 Å². The van der Waals surface area contributed by atoms with Crippen molar-refractivity contribution in [1.29, 1.82) is 0 Å². The van der Waals surface area contributed by atoms with Crippen molar-refractivity contribution in [2.45, 2.75) is 6.92 Å². The first-order valence-corrected chi connectivity index (χ1v) is 8.63. The van der Waals surface area contributed by atoms with Gasteiger partial charge in [-0.25, -0.2) is 4.98 Å². The Hall–Kier alpha value is -2.70. The summed E-state index contributed by atoms with van der Waals surface area (Å²) in [6, 6.07) is 16.0. The van der Waals surface area contributed by atoms with Gasteiger partial charge >= 0.3 is 0 Å². The van der Waals surface area contributed by atoms with E-state index in [-0.39, 0.29) is 0 Å². The molecule has 0 atom stereocenters. The van der Waals surface area contributed by atoms with Crippen LogP contribution in [-0.2, 0) is 0 Å². The zero-order valence-electron chi connectivity index (χ0n) is 13.2. The molecule has 7 heteroatoms. The Balaban J connectivity index is 1.68. The van der Waals surface area contributed by atoms with Gasteiger partial charge in [0.2, 0.25) is 0 Å². The number of halogens is 1. The molecule has 0 spiro atoms. The average Bonchev–Trinajstić information content (AvgIpc) is 3.02. The van der Waals surface area contributed by atoms with Crippen LogP contribution in [-0.4, -0.2) is 16.8 Å². The molecular formula is C18H14ClN3O2S. The molecule has 0 bridgehead atoms. The van der Waals surface area contributed by atoms with Crippen LogP contribution in [0.2, 0.25) is 5.02 Å². The molecular weight excluding hydrogens is 358 g/mol. The Morgan fingerprint density at radius 2 is 1.60 bits per heavy atom. The largest absolute Gasteiger partial charge is 0.281 e. The molecule has 0 saturated heterocycles. The van der Waals surface area contributed by atoms with Gasteiger partial charge in [0.05, 0.1) is 5.69 Å². The SMILES string of the molecule is Cc1nc(-c2ccccc2)sc1C(=O)NNC(=O)c1ccc(Cl)cc1. The van der Waals surface area contributed by atoms with E-state index in [1.165, 1.54) is 11.3 Å². The number of hydrazine groups is 1. The zero-order valence-corrected chi connectivity index (χ0v) is 14.8. The van der Waals surface area contributed by atoms with Gasteiger partial charge < -0.3 is 0 Å². The third-order valence-corrected chi connectivity index (χ3v) is 4.88. The number of nitrogens with one attached hydrogen (secondary N) is 2. The number of carbonyl (C=O) groups excluding carboxylic acids is 2. The Bertz CT molecular complexity index is 908. The highest BCUT2D eigenvalue weighted by molar-refractivity contribution is 7.17. The van der Waals surface area contributed by atoms with Crippen LogP contribution in [0.15, 0.2) is 54.6 Å². The van der Waals surface area contributed by atoms with Crippen LogP contribution in [0.5, 0.6) is 0 Å². The number of aromatic nitrogens is 1. The van der Waals surface area contributed by atoms with E-state index in [1.807, 2.05) is 30.3 Å². The van der Waals surface area contributed by atoms with E-state index >= 15 is 0 Å². The molecule has 3 aromatic rings. The second-order valence-electron chi connectivity index (χ2n) is 5.21. The molecule has 0 radical (unpaired) electrons. The van der Waals surface area contributed by atoms with Gasteiger partial charge in [0, 0.05) is 16.1 Å². The molecule has 0 unspecified atom stereocenters. The first kappa shape index (κ1) is 17.1. The minimum absolute atomic E-state index is 0.399. The van der Waals surface area contributed by atoms with E-state index in [9.17, 15) is 9.59 Å². The Labute approximate surface area is 153 Å². The van der Waals surface area contributed by atoms with Crippen molar-refractivity contribution in [2.24, 2.45) is 0 Å². The lowest BCUT2D eigenvalue weighted by Gasteiger charge is -2.06. The monoisotopic (exact) mass is 371 g/mol. The summed E-state index contributed by atoms with van der Waals surface area (Å²) >= 11 is 7.07. The lowest BCUT2D eigenvalue weighted by molar-refractivity contribution is 0.0848. The molecule has 25 heavy (non-hydrogen) atoms. The van der Waals surface area contributed by atoms with E-state index in [0.29, 0.717) is 21.2 Å². The van der Waals surface area contributed by atoms with Crippen molar-refractivity contribution in [3.8, 4) is 10.6 Å². The minimum atomic E-state index is -0.421. The van der Waals surface area contributed by atoms with E-state index < -0.39 is 11.8 Å². The van der Waals surface area contributed by atoms with Gasteiger partial charge in [-0.3, -0.25) is 20.4 Å². The molecule has 0 aliphatic carbocycles. The topological polar surface area (TPSA) is 71.1 Å². The maximum atomic E-state index is 12.3. The van der Waals surface area contributed by atoms with Gasteiger partial charge in [0.15, 0.2) is 0 Å². The fourth-order valence-corrected chi connectivity index (χ4v) is 3.25. The summed E-state index contributed by atoms with van der Waals surface area (Å²) in [5, 5.41) is 1.29. The van der Waals surface area contributed by atoms with Gasteiger partial charge in [0.25, 0.3) is 11.8 Å². The van der Waals surface area contributed by atoms with Gasteiger partial charge in [-0.05, 0) is 31.2 Å². The third-order valence-electron chi connectivity index (χ3n) is 3.42. The fraction of sp³-hybridized carbons (Fsp3) is 0.0556. The minimum Gasteiger partial charge on any atom is -0.267 e. The summed E-state index contributed by atoms with van der Waals surface area (Å²) in [6.45, 7) is 1.76. The van der Waals surface area contributed by atoms with Gasteiger partial charge in [-0.1, -0.05) is 41.9 Å². The van der Waals surface area contributed by atoms with Gasteiger partial charge in [-0.2, -0.15) is 0 Å². The second kappa shape index (κ2) is 7.46. The molecule has 0 fully saturated rings. The van der Waals surface area contributed by atoms with Crippen LogP contribution >= 0.6 is 22.9 Å². The van der Waals surface area contributed by atoms with E-state index in [0.717, 1.165) is 10.6 Å². The molecule has 3 rings (SSSR count). The van der Waals surface area contributed by atoms with Gasteiger partial charge in [0.1, 0.15) is 9.88 Å². The number of aryl methyl sites for hydroxylation is 1. The first-order chi connectivity index (χ1) is 12.0. The number of amides is 2. The lowest BCUT2D eigenvalue weighted by Crippen LogP contribution is -2.41. The zero-order chi connectivity index (χ0) is 17.8. The molecule has 0 aliphatic heterocycles. The van der Waals surface area contributed by atoms with Crippen LogP contribution in [0.4, 0.5) is 0 Å². The Kier molecular flexibility index (Phi) is 5.11. The number of hydrogen-bond donors (Lipinski definition) is 2. The highest BCUT2D eigenvalue weighted by Gasteiger charge is 2.17. The van der Waals surface area contributed by atoms with Crippen molar-refractivity contribution < 1.29 is 9.59 Å². The summed E-state index contributed by atoms with van der Waals surface area (Å²) in [5.74, 6) is -0.824. The normalized spacial score (nSPS) is 10.3. The highest BCUT2D eigenvalue weighted by atomic mass is 35.5.